The molecule has 2 aromatic carbocycles. The minimum Gasteiger partial charge on any atom is -0.744 e. The summed E-state index contributed by atoms with van der Waals surface area (Å²) >= 11 is 0. The van der Waals surface area contributed by atoms with Gasteiger partial charge in [-0.25, -0.2) is 8.42 Å². The molecule has 0 spiro atoms. The van der Waals surface area contributed by atoms with E-state index >= 15 is 0 Å². The zero-order valence-corrected chi connectivity index (χ0v) is 12.1. The van der Waals surface area contributed by atoms with Crippen LogP contribution in [-0.4, -0.2) is 31.6 Å². The monoisotopic (exact) mass is 317 g/mol. The van der Waals surface area contributed by atoms with E-state index in [2.05, 4.69) is 0 Å². The number of hydrogen-bond donors (Lipinski definition) is 0. The molecule has 22 heavy (non-hydrogen) atoms. The molecule has 112 valence electrons. The lowest BCUT2D eigenvalue weighted by molar-refractivity contribution is 0.0976. The SMILES string of the molecule is COc1cc(S(=O)(=O)[O-])cc2c1C(=O)c1ccccc1C2=O. The smallest absolute Gasteiger partial charge is 0.198 e. The van der Waals surface area contributed by atoms with E-state index in [1.165, 1.54) is 19.2 Å². The van der Waals surface area contributed by atoms with Gasteiger partial charge in [-0.05, 0) is 12.1 Å². The number of carbonyl (C=O) groups excluding carboxylic acids is 2. The van der Waals surface area contributed by atoms with Gasteiger partial charge in [0.05, 0.1) is 17.6 Å². The predicted octanol–water partition coefficient (Wildman–Crippen LogP) is 1.37. The van der Waals surface area contributed by atoms with E-state index in [0.29, 0.717) is 0 Å². The molecule has 1 aliphatic rings. The highest BCUT2D eigenvalue weighted by molar-refractivity contribution is 7.85. The van der Waals surface area contributed by atoms with E-state index in [1.54, 1.807) is 12.1 Å². The largest absolute Gasteiger partial charge is 0.744 e. The van der Waals surface area contributed by atoms with Crippen molar-refractivity contribution >= 4 is 21.7 Å². The van der Waals surface area contributed by atoms with Crippen LogP contribution in [0.15, 0.2) is 41.3 Å². The average molecular weight is 317 g/mol. The molecule has 6 nitrogen and oxygen atoms in total. The first-order valence-electron chi connectivity index (χ1n) is 6.21. The van der Waals surface area contributed by atoms with Crippen molar-refractivity contribution in [2.24, 2.45) is 0 Å². The molecule has 0 amide bonds. The minimum atomic E-state index is -4.78. The summed E-state index contributed by atoms with van der Waals surface area (Å²) in [5, 5.41) is 0. The Morgan fingerprint density at radius 2 is 1.55 bits per heavy atom. The zero-order valence-electron chi connectivity index (χ0n) is 11.3. The van der Waals surface area contributed by atoms with Gasteiger partial charge in [-0.15, -0.1) is 0 Å². The number of methoxy groups -OCH3 is 1. The van der Waals surface area contributed by atoms with Crippen molar-refractivity contribution in [1.82, 2.24) is 0 Å². The first kappa shape index (κ1) is 14.4. The Hall–Kier alpha value is -2.51. The fraction of sp³-hybridized carbons (Fsp3) is 0.0667. The highest BCUT2D eigenvalue weighted by Gasteiger charge is 2.33. The summed E-state index contributed by atoms with van der Waals surface area (Å²) in [6.07, 6.45) is 0. The molecular formula is C15H9O6S-. The average Bonchev–Trinajstić information content (AvgIpc) is 2.50. The molecule has 2 aromatic rings. The van der Waals surface area contributed by atoms with Crippen molar-refractivity contribution in [3.05, 3.63) is 58.7 Å². The molecule has 0 bridgehead atoms. The van der Waals surface area contributed by atoms with E-state index in [9.17, 15) is 22.6 Å². The Morgan fingerprint density at radius 3 is 2.09 bits per heavy atom. The molecule has 7 heteroatoms. The first-order chi connectivity index (χ1) is 10.3. The van der Waals surface area contributed by atoms with Crippen LogP contribution in [0.4, 0.5) is 0 Å². The Bertz CT molecular complexity index is 927. The number of carbonyl (C=O) groups is 2. The van der Waals surface area contributed by atoms with E-state index < -0.39 is 26.6 Å². The molecule has 0 saturated heterocycles. The van der Waals surface area contributed by atoms with E-state index in [-0.39, 0.29) is 28.0 Å². The number of hydrogen-bond acceptors (Lipinski definition) is 6. The first-order valence-corrected chi connectivity index (χ1v) is 7.62. The van der Waals surface area contributed by atoms with E-state index in [0.717, 1.165) is 12.1 Å². The second kappa shape index (κ2) is 4.75. The van der Waals surface area contributed by atoms with Crippen molar-refractivity contribution in [3.8, 4) is 5.75 Å². The number of ether oxygens (including phenoxy) is 1. The minimum absolute atomic E-state index is 0.0291. The van der Waals surface area contributed by atoms with Crippen molar-refractivity contribution in [1.29, 1.82) is 0 Å². The zero-order chi connectivity index (χ0) is 16.1. The van der Waals surface area contributed by atoms with Gasteiger partial charge < -0.3 is 9.29 Å². The van der Waals surface area contributed by atoms with Crippen molar-refractivity contribution < 1.29 is 27.3 Å². The molecule has 0 radical (unpaired) electrons. The standard InChI is InChI=1S/C15H10O6S/c1-21-12-7-8(22(18,19)20)6-11-13(12)15(17)10-5-3-2-4-9(10)14(11)16/h2-7H,1H3,(H,18,19,20)/p-1. The molecule has 0 heterocycles. The summed E-state index contributed by atoms with van der Waals surface area (Å²) in [7, 11) is -3.55. The third kappa shape index (κ3) is 2.02. The molecule has 0 N–H and O–H groups in total. The van der Waals surface area contributed by atoms with Crippen LogP contribution in [0, 0.1) is 0 Å². The van der Waals surface area contributed by atoms with Crippen LogP contribution >= 0.6 is 0 Å². The molecule has 0 saturated carbocycles. The fourth-order valence-corrected chi connectivity index (χ4v) is 2.98. The van der Waals surface area contributed by atoms with Crippen LogP contribution in [0.25, 0.3) is 0 Å². The van der Waals surface area contributed by atoms with Gasteiger partial charge in [-0.3, -0.25) is 9.59 Å². The van der Waals surface area contributed by atoms with Gasteiger partial charge in [0.1, 0.15) is 15.9 Å². The van der Waals surface area contributed by atoms with Crippen LogP contribution in [0.3, 0.4) is 0 Å². The lowest BCUT2D eigenvalue weighted by Crippen LogP contribution is -2.22. The molecule has 0 fully saturated rings. The third-order valence-corrected chi connectivity index (χ3v) is 4.29. The Labute approximate surface area is 126 Å². The predicted molar refractivity (Wildman–Crippen MR) is 74.3 cm³/mol. The molecule has 0 atom stereocenters. The van der Waals surface area contributed by atoms with Gasteiger partial charge in [-0.1, -0.05) is 24.3 Å². The number of fused-ring (bicyclic) bond motifs is 2. The summed E-state index contributed by atoms with van der Waals surface area (Å²) in [5.41, 5.74) is 0.217. The number of ketones is 2. The van der Waals surface area contributed by atoms with Gasteiger partial charge in [-0.2, -0.15) is 0 Å². The third-order valence-electron chi connectivity index (χ3n) is 3.47. The van der Waals surface area contributed by atoms with E-state index in [1.807, 2.05) is 0 Å². The van der Waals surface area contributed by atoms with Gasteiger partial charge in [0.25, 0.3) is 0 Å². The topological polar surface area (TPSA) is 101 Å². The molecule has 3 rings (SSSR count). The van der Waals surface area contributed by atoms with E-state index in [4.69, 9.17) is 4.74 Å². The summed E-state index contributed by atoms with van der Waals surface area (Å²) in [6.45, 7) is 0. The Balaban J connectivity index is 2.37. The molecular weight excluding hydrogens is 308 g/mol. The molecule has 0 aliphatic heterocycles. The Morgan fingerprint density at radius 1 is 0.955 bits per heavy atom. The molecule has 1 aliphatic carbocycles. The second-order valence-electron chi connectivity index (χ2n) is 4.71. The highest BCUT2D eigenvalue weighted by atomic mass is 32.2. The summed E-state index contributed by atoms with van der Waals surface area (Å²) < 4.78 is 38.6. The summed E-state index contributed by atoms with van der Waals surface area (Å²) in [5.74, 6) is -1.08. The van der Waals surface area contributed by atoms with Crippen molar-refractivity contribution in [2.45, 2.75) is 4.90 Å². The maximum Gasteiger partial charge on any atom is 0.198 e. The maximum atomic E-state index is 12.5. The summed E-state index contributed by atoms with van der Waals surface area (Å²) in [6, 6.07) is 8.09. The van der Waals surface area contributed by atoms with Crippen LogP contribution in [0.1, 0.15) is 31.8 Å². The van der Waals surface area contributed by atoms with Crippen LogP contribution in [0.2, 0.25) is 0 Å². The quantitative estimate of drug-likeness (QED) is 0.662. The van der Waals surface area contributed by atoms with Gasteiger partial charge in [0.2, 0.25) is 0 Å². The fourth-order valence-electron chi connectivity index (χ4n) is 2.47. The van der Waals surface area contributed by atoms with Gasteiger partial charge >= 0.3 is 0 Å². The van der Waals surface area contributed by atoms with Crippen molar-refractivity contribution in [3.63, 3.8) is 0 Å². The lowest BCUT2D eigenvalue weighted by Gasteiger charge is -2.21. The molecule has 0 aromatic heterocycles. The molecule has 0 unspecified atom stereocenters. The highest BCUT2D eigenvalue weighted by Crippen LogP contribution is 2.35. The lowest BCUT2D eigenvalue weighted by atomic mass is 9.83. The van der Waals surface area contributed by atoms with Crippen LogP contribution in [0.5, 0.6) is 5.75 Å². The van der Waals surface area contributed by atoms with Crippen LogP contribution in [-0.2, 0) is 10.1 Å². The van der Waals surface area contributed by atoms with Gasteiger partial charge in [0, 0.05) is 16.7 Å². The van der Waals surface area contributed by atoms with Crippen LogP contribution < -0.4 is 4.74 Å². The normalized spacial score (nSPS) is 13.5. The second-order valence-corrected chi connectivity index (χ2v) is 6.09. The number of rotatable bonds is 2. The number of benzene rings is 2. The maximum absolute atomic E-state index is 12.5. The summed E-state index contributed by atoms with van der Waals surface area (Å²) in [4.78, 5) is 24.4. The Kier molecular flexibility index (Phi) is 3.12. The van der Waals surface area contributed by atoms with Gasteiger partial charge in [0.15, 0.2) is 11.6 Å². The van der Waals surface area contributed by atoms with Crippen molar-refractivity contribution in [2.75, 3.05) is 7.11 Å².